The summed E-state index contributed by atoms with van der Waals surface area (Å²) in [5.41, 5.74) is 6.15. The second kappa shape index (κ2) is 4.84. The van der Waals surface area contributed by atoms with E-state index in [-0.39, 0.29) is 0 Å². The van der Waals surface area contributed by atoms with E-state index >= 15 is 0 Å². The molecule has 1 aliphatic carbocycles. The quantitative estimate of drug-likeness (QED) is 0.771. The first-order valence-corrected chi connectivity index (χ1v) is 6.66. The lowest BCUT2D eigenvalue weighted by Crippen LogP contribution is -2.43. The van der Waals surface area contributed by atoms with E-state index in [9.17, 15) is 0 Å². The predicted molar refractivity (Wildman–Crippen MR) is 64.7 cm³/mol. The van der Waals surface area contributed by atoms with Crippen LogP contribution in [0.3, 0.4) is 0 Å². The summed E-state index contributed by atoms with van der Waals surface area (Å²) in [5.74, 6) is 1.75. The van der Waals surface area contributed by atoms with Crippen molar-refractivity contribution in [1.29, 1.82) is 0 Å². The van der Waals surface area contributed by atoms with Gasteiger partial charge in [-0.25, -0.2) is 0 Å². The van der Waals surface area contributed by atoms with Crippen LogP contribution in [-0.4, -0.2) is 30.1 Å². The maximum Gasteiger partial charge on any atom is 0.00793 e. The summed E-state index contributed by atoms with van der Waals surface area (Å²) in [6.07, 6.45) is 6.76. The largest absolute Gasteiger partial charge is 0.327 e. The number of hydrogen-bond donors (Lipinski definition) is 1. The van der Waals surface area contributed by atoms with Gasteiger partial charge in [0.1, 0.15) is 0 Å². The van der Waals surface area contributed by atoms with Crippen molar-refractivity contribution in [1.82, 2.24) is 4.90 Å². The monoisotopic (exact) mass is 210 g/mol. The molecule has 1 saturated heterocycles. The van der Waals surface area contributed by atoms with E-state index < -0.39 is 0 Å². The van der Waals surface area contributed by atoms with Crippen molar-refractivity contribution >= 4 is 0 Å². The van der Waals surface area contributed by atoms with E-state index in [0.29, 0.717) is 6.04 Å². The van der Waals surface area contributed by atoms with Crippen LogP contribution in [0.5, 0.6) is 0 Å². The van der Waals surface area contributed by atoms with E-state index in [2.05, 4.69) is 18.7 Å². The lowest BCUT2D eigenvalue weighted by Gasteiger charge is -2.37. The van der Waals surface area contributed by atoms with Crippen LogP contribution in [0.2, 0.25) is 0 Å². The molecule has 1 heterocycles. The van der Waals surface area contributed by atoms with Crippen molar-refractivity contribution < 1.29 is 0 Å². The Morgan fingerprint density at radius 1 is 1.20 bits per heavy atom. The molecule has 0 radical (unpaired) electrons. The lowest BCUT2D eigenvalue weighted by molar-refractivity contribution is 0.120. The van der Waals surface area contributed by atoms with Crippen LogP contribution in [0.4, 0.5) is 0 Å². The fourth-order valence-corrected chi connectivity index (χ4v) is 2.77. The van der Waals surface area contributed by atoms with Crippen LogP contribution in [0.1, 0.15) is 46.0 Å². The molecule has 3 atom stereocenters. The van der Waals surface area contributed by atoms with E-state index in [1.807, 2.05) is 0 Å². The Morgan fingerprint density at radius 3 is 2.60 bits per heavy atom. The standard InChI is InChI=1S/C13H26N2/c1-10-3-4-11(2)15(9-10)8-7-13(14)12-5-6-12/h10-13H,3-9,14H2,1-2H3. The summed E-state index contributed by atoms with van der Waals surface area (Å²) in [7, 11) is 0. The number of nitrogens with zero attached hydrogens (tertiary/aromatic N) is 1. The van der Waals surface area contributed by atoms with Crippen molar-refractivity contribution in [2.24, 2.45) is 17.6 Å². The molecule has 2 fully saturated rings. The first kappa shape index (κ1) is 11.4. The third-order valence-electron chi connectivity index (χ3n) is 4.22. The maximum absolute atomic E-state index is 6.15. The van der Waals surface area contributed by atoms with Crippen LogP contribution in [-0.2, 0) is 0 Å². The zero-order valence-electron chi connectivity index (χ0n) is 10.3. The third kappa shape index (κ3) is 3.18. The molecule has 2 heteroatoms. The molecular weight excluding hydrogens is 184 g/mol. The molecule has 0 amide bonds. The minimum absolute atomic E-state index is 0.481. The van der Waals surface area contributed by atoms with E-state index in [0.717, 1.165) is 17.9 Å². The van der Waals surface area contributed by atoms with Crippen molar-refractivity contribution in [3.63, 3.8) is 0 Å². The number of nitrogens with two attached hydrogens (primary N) is 1. The SMILES string of the molecule is CC1CCC(C)N(CCC(N)C2CC2)C1. The van der Waals surface area contributed by atoms with Gasteiger partial charge < -0.3 is 10.6 Å². The first-order valence-electron chi connectivity index (χ1n) is 6.66. The molecule has 0 aromatic rings. The van der Waals surface area contributed by atoms with Gasteiger partial charge in [-0.1, -0.05) is 6.92 Å². The number of hydrogen-bond acceptors (Lipinski definition) is 2. The second-order valence-corrected chi connectivity index (χ2v) is 5.82. The number of rotatable bonds is 4. The second-order valence-electron chi connectivity index (χ2n) is 5.82. The van der Waals surface area contributed by atoms with Crippen LogP contribution in [0, 0.1) is 11.8 Å². The molecule has 2 N–H and O–H groups in total. The van der Waals surface area contributed by atoms with Crippen LogP contribution in [0.15, 0.2) is 0 Å². The van der Waals surface area contributed by atoms with E-state index in [4.69, 9.17) is 5.73 Å². The van der Waals surface area contributed by atoms with Crippen molar-refractivity contribution in [2.75, 3.05) is 13.1 Å². The van der Waals surface area contributed by atoms with Crippen molar-refractivity contribution in [3.8, 4) is 0 Å². The first-order chi connectivity index (χ1) is 7.16. The van der Waals surface area contributed by atoms with Crippen LogP contribution in [0.25, 0.3) is 0 Å². The van der Waals surface area contributed by atoms with Gasteiger partial charge in [-0.3, -0.25) is 0 Å². The smallest absolute Gasteiger partial charge is 0.00793 e. The van der Waals surface area contributed by atoms with E-state index in [1.54, 1.807) is 0 Å². The summed E-state index contributed by atoms with van der Waals surface area (Å²) >= 11 is 0. The van der Waals surface area contributed by atoms with Gasteiger partial charge >= 0.3 is 0 Å². The van der Waals surface area contributed by atoms with Gasteiger partial charge in [0.2, 0.25) is 0 Å². The Bertz CT molecular complexity index is 201. The fourth-order valence-electron chi connectivity index (χ4n) is 2.77. The van der Waals surface area contributed by atoms with Gasteiger partial charge in [-0.05, 0) is 57.4 Å². The minimum Gasteiger partial charge on any atom is -0.327 e. The Balaban J connectivity index is 1.71. The summed E-state index contributed by atoms with van der Waals surface area (Å²) < 4.78 is 0. The third-order valence-corrected chi connectivity index (χ3v) is 4.22. The van der Waals surface area contributed by atoms with Gasteiger partial charge in [0.05, 0.1) is 0 Å². The highest BCUT2D eigenvalue weighted by molar-refractivity contribution is 4.85. The number of piperidine rings is 1. The summed E-state index contributed by atoms with van der Waals surface area (Å²) in [6, 6.07) is 1.27. The maximum atomic E-state index is 6.15. The van der Waals surface area contributed by atoms with Gasteiger partial charge in [-0.2, -0.15) is 0 Å². The summed E-state index contributed by atoms with van der Waals surface area (Å²) in [5, 5.41) is 0. The zero-order valence-corrected chi connectivity index (χ0v) is 10.3. The highest BCUT2D eigenvalue weighted by Gasteiger charge is 2.29. The Labute approximate surface area is 94.2 Å². The van der Waals surface area contributed by atoms with Gasteiger partial charge in [0.15, 0.2) is 0 Å². The Morgan fingerprint density at radius 2 is 1.93 bits per heavy atom. The summed E-state index contributed by atoms with van der Waals surface area (Å²) in [4.78, 5) is 2.65. The van der Waals surface area contributed by atoms with Gasteiger partial charge in [0, 0.05) is 18.6 Å². The average Bonchev–Trinajstić information content (AvgIpc) is 3.02. The van der Waals surface area contributed by atoms with Crippen LogP contribution >= 0.6 is 0 Å². The number of likely N-dealkylation sites (tertiary alicyclic amines) is 1. The predicted octanol–water partition coefficient (Wildman–Crippen LogP) is 2.23. The molecule has 2 nitrogen and oxygen atoms in total. The molecule has 2 aliphatic rings. The normalized spacial score (nSPS) is 35.4. The molecule has 0 bridgehead atoms. The molecule has 3 unspecified atom stereocenters. The molecule has 1 aliphatic heterocycles. The van der Waals surface area contributed by atoms with Gasteiger partial charge in [0.25, 0.3) is 0 Å². The molecule has 88 valence electrons. The lowest BCUT2D eigenvalue weighted by atomic mass is 9.94. The molecule has 0 aromatic carbocycles. The summed E-state index contributed by atoms with van der Waals surface area (Å²) in [6.45, 7) is 7.26. The molecule has 0 spiro atoms. The Hall–Kier alpha value is -0.0800. The molecule has 0 aromatic heterocycles. The van der Waals surface area contributed by atoms with Crippen molar-refractivity contribution in [2.45, 2.75) is 58.0 Å². The van der Waals surface area contributed by atoms with Crippen LogP contribution < -0.4 is 5.73 Å². The highest BCUT2D eigenvalue weighted by atomic mass is 15.2. The average molecular weight is 210 g/mol. The topological polar surface area (TPSA) is 29.3 Å². The van der Waals surface area contributed by atoms with Crippen molar-refractivity contribution in [3.05, 3.63) is 0 Å². The van der Waals surface area contributed by atoms with E-state index in [1.165, 1.54) is 45.2 Å². The molecule has 2 rings (SSSR count). The Kier molecular flexibility index (Phi) is 3.68. The molecular formula is C13H26N2. The minimum atomic E-state index is 0.481. The zero-order chi connectivity index (χ0) is 10.8. The fraction of sp³-hybridized carbons (Fsp3) is 1.00. The van der Waals surface area contributed by atoms with Gasteiger partial charge in [-0.15, -0.1) is 0 Å². The molecule has 1 saturated carbocycles. The highest BCUT2D eigenvalue weighted by Crippen LogP contribution is 2.33. The molecule has 15 heavy (non-hydrogen) atoms.